The molecule has 3 heteroatoms. The van der Waals surface area contributed by atoms with Gasteiger partial charge < -0.3 is 10.5 Å². The third kappa shape index (κ3) is 2.06. The summed E-state index contributed by atoms with van der Waals surface area (Å²) < 4.78 is 5.05. The third-order valence-corrected chi connectivity index (χ3v) is 3.03. The van der Waals surface area contributed by atoms with E-state index in [9.17, 15) is 0 Å². The molecular formula is C9H15NOS. The highest BCUT2D eigenvalue weighted by Gasteiger charge is 2.22. The SMILES string of the molecule is COCC(C)(N)c1ccc(C)s1. The lowest BCUT2D eigenvalue weighted by Crippen LogP contribution is -2.36. The number of nitrogens with two attached hydrogens (primary N) is 1. The molecule has 2 nitrogen and oxygen atoms in total. The molecular weight excluding hydrogens is 170 g/mol. The van der Waals surface area contributed by atoms with Crippen LogP contribution in [0.25, 0.3) is 0 Å². The van der Waals surface area contributed by atoms with Gasteiger partial charge in [0.2, 0.25) is 0 Å². The first kappa shape index (κ1) is 9.71. The van der Waals surface area contributed by atoms with Gasteiger partial charge in [-0.15, -0.1) is 11.3 Å². The standard InChI is InChI=1S/C9H15NOS/c1-7-4-5-8(12-7)9(2,10)6-11-3/h4-5H,6,10H2,1-3H3. The molecule has 68 valence electrons. The lowest BCUT2D eigenvalue weighted by Gasteiger charge is -2.21. The summed E-state index contributed by atoms with van der Waals surface area (Å²) in [6.45, 7) is 4.63. The molecule has 1 aromatic heterocycles. The summed E-state index contributed by atoms with van der Waals surface area (Å²) in [4.78, 5) is 2.47. The Bertz CT molecular complexity index is 255. The molecule has 2 N–H and O–H groups in total. The van der Waals surface area contributed by atoms with Crippen molar-refractivity contribution in [2.75, 3.05) is 13.7 Å². The van der Waals surface area contributed by atoms with E-state index in [1.165, 1.54) is 9.75 Å². The first-order chi connectivity index (χ1) is 5.56. The van der Waals surface area contributed by atoms with Crippen LogP contribution in [0.2, 0.25) is 0 Å². The number of aryl methyl sites for hydroxylation is 1. The van der Waals surface area contributed by atoms with Crippen LogP contribution in [0, 0.1) is 6.92 Å². The van der Waals surface area contributed by atoms with E-state index in [0.29, 0.717) is 6.61 Å². The Balaban J connectivity index is 2.81. The van der Waals surface area contributed by atoms with Gasteiger partial charge in [0.25, 0.3) is 0 Å². The van der Waals surface area contributed by atoms with Crippen LogP contribution in [-0.4, -0.2) is 13.7 Å². The zero-order valence-electron chi connectivity index (χ0n) is 7.76. The lowest BCUT2D eigenvalue weighted by molar-refractivity contribution is 0.142. The number of thiophene rings is 1. The highest BCUT2D eigenvalue weighted by Crippen LogP contribution is 2.25. The van der Waals surface area contributed by atoms with Crippen molar-refractivity contribution in [1.82, 2.24) is 0 Å². The fourth-order valence-corrected chi connectivity index (χ4v) is 2.02. The number of hydrogen-bond donors (Lipinski definition) is 1. The maximum absolute atomic E-state index is 6.05. The maximum Gasteiger partial charge on any atom is 0.0711 e. The molecule has 0 aliphatic carbocycles. The van der Waals surface area contributed by atoms with Crippen LogP contribution in [0.4, 0.5) is 0 Å². The fraction of sp³-hybridized carbons (Fsp3) is 0.556. The minimum Gasteiger partial charge on any atom is -0.382 e. The average Bonchev–Trinajstić information content (AvgIpc) is 2.36. The van der Waals surface area contributed by atoms with Crippen molar-refractivity contribution in [2.45, 2.75) is 19.4 Å². The molecule has 0 saturated carbocycles. The van der Waals surface area contributed by atoms with E-state index < -0.39 is 0 Å². The van der Waals surface area contributed by atoms with Crippen molar-refractivity contribution < 1.29 is 4.74 Å². The first-order valence-electron chi connectivity index (χ1n) is 3.91. The third-order valence-electron chi connectivity index (χ3n) is 1.75. The summed E-state index contributed by atoms with van der Waals surface area (Å²) in [5, 5.41) is 0. The van der Waals surface area contributed by atoms with Crippen LogP contribution in [-0.2, 0) is 10.3 Å². The first-order valence-corrected chi connectivity index (χ1v) is 4.72. The molecule has 1 rings (SSSR count). The second-order valence-corrected chi connectivity index (χ2v) is 4.55. The van der Waals surface area contributed by atoms with Crippen LogP contribution in [0.1, 0.15) is 16.7 Å². The lowest BCUT2D eigenvalue weighted by atomic mass is 10.0. The molecule has 1 aromatic rings. The number of ether oxygens (including phenoxy) is 1. The Hall–Kier alpha value is -0.380. The number of hydrogen-bond acceptors (Lipinski definition) is 3. The van der Waals surface area contributed by atoms with E-state index in [0.717, 1.165) is 0 Å². The van der Waals surface area contributed by atoms with Gasteiger partial charge in [0, 0.05) is 16.9 Å². The monoisotopic (exact) mass is 185 g/mol. The minimum atomic E-state index is -0.340. The Morgan fingerprint density at radius 2 is 2.25 bits per heavy atom. The molecule has 0 bridgehead atoms. The van der Waals surface area contributed by atoms with Gasteiger partial charge in [-0.05, 0) is 26.0 Å². The summed E-state index contributed by atoms with van der Waals surface area (Å²) in [5.74, 6) is 0. The molecule has 0 radical (unpaired) electrons. The van der Waals surface area contributed by atoms with E-state index in [2.05, 4.69) is 19.1 Å². The maximum atomic E-state index is 6.05. The van der Waals surface area contributed by atoms with Crippen LogP contribution in [0.15, 0.2) is 12.1 Å². The van der Waals surface area contributed by atoms with Gasteiger partial charge >= 0.3 is 0 Å². The Morgan fingerprint density at radius 3 is 2.67 bits per heavy atom. The van der Waals surface area contributed by atoms with Crippen LogP contribution < -0.4 is 5.73 Å². The predicted molar refractivity (Wildman–Crippen MR) is 52.5 cm³/mol. The molecule has 0 saturated heterocycles. The minimum absolute atomic E-state index is 0.340. The molecule has 0 aromatic carbocycles. The van der Waals surface area contributed by atoms with Crippen molar-refractivity contribution in [3.05, 3.63) is 21.9 Å². The summed E-state index contributed by atoms with van der Waals surface area (Å²) >= 11 is 1.73. The molecule has 1 atom stereocenters. The van der Waals surface area contributed by atoms with E-state index in [4.69, 9.17) is 10.5 Å². The molecule has 0 spiro atoms. The van der Waals surface area contributed by atoms with E-state index in [1.807, 2.05) is 6.92 Å². The van der Waals surface area contributed by atoms with Gasteiger partial charge in [0.1, 0.15) is 0 Å². The molecule has 0 fully saturated rings. The highest BCUT2D eigenvalue weighted by atomic mass is 32.1. The zero-order chi connectivity index (χ0) is 9.19. The second-order valence-electron chi connectivity index (χ2n) is 3.26. The van der Waals surface area contributed by atoms with E-state index in [1.54, 1.807) is 18.4 Å². The summed E-state index contributed by atoms with van der Waals surface area (Å²) in [6.07, 6.45) is 0. The Morgan fingerprint density at radius 1 is 1.58 bits per heavy atom. The van der Waals surface area contributed by atoms with E-state index >= 15 is 0 Å². The smallest absolute Gasteiger partial charge is 0.0711 e. The predicted octanol–water partition coefficient (Wildman–Crippen LogP) is 1.88. The van der Waals surface area contributed by atoms with Crippen LogP contribution in [0.5, 0.6) is 0 Å². The highest BCUT2D eigenvalue weighted by molar-refractivity contribution is 7.12. The Kier molecular flexibility index (Phi) is 2.88. The molecule has 0 amide bonds. The fourth-order valence-electron chi connectivity index (χ4n) is 1.11. The number of rotatable bonds is 3. The summed E-state index contributed by atoms with van der Waals surface area (Å²) in [7, 11) is 1.67. The van der Waals surface area contributed by atoms with Gasteiger partial charge in [-0.25, -0.2) is 0 Å². The van der Waals surface area contributed by atoms with Crippen molar-refractivity contribution in [1.29, 1.82) is 0 Å². The number of methoxy groups -OCH3 is 1. The molecule has 0 aliphatic heterocycles. The molecule has 1 unspecified atom stereocenters. The topological polar surface area (TPSA) is 35.2 Å². The molecule has 12 heavy (non-hydrogen) atoms. The van der Waals surface area contributed by atoms with Gasteiger partial charge in [0.15, 0.2) is 0 Å². The molecule has 1 heterocycles. The largest absolute Gasteiger partial charge is 0.382 e. The average molecular weight is 185 g/mol. The summed E-state index contributed by atoms with van der Waals surface area (Å²) in [6, 6.07) is 4.15. The van der Waals surface area contributed by atoms with Crippen molar-refractivity contribution in [2.24, 2.45) is 5.73 Å². The van der Waals surface area contributed by atoms with Gasteiger partial charge in [-0.1, -0.05) is 0 Å². The van der Waals surface area contributed by atoms with Crippen LogP contribution in [0.3, 0.4) is 0 Å². The van der Waals surface area contributed by atoms with Gasteiger partial charge in [-0.2, -0.15) is 0 Å². The normalized spacial score (nSPS) is 16.0. The van der Waals surface area contributed by atoms with Crippen molar-refractivity contribution in [3.63, 3.8) is 0 Å². The summed E-state index contributed by atoms with van der Waals surface area (Å²) in [5.41, 5.74) is 5.71. The Labute approximate surface area is 77.3 Å². The van der Waals surface area contributed by atoms with Crippen LogP contribution >= 0.6 is 11.3 Å². The van der Waals surface area contributed by atoms with Gasteiger partial charge in [0.05, 0.1) is 12.1 Å². The van der Waals surface area contributed by atoms with Crippen molar-refractivity contribution >= 4 is 11.3 Å². The zero-order valence-corrected chi connectivity index (χ0v) is 8.57. The van der Waals surface area contributed by atoms with E-state index in [-0.39, 0.29) is 5.54 Å². The van der Waals surface area contributed by atoms with Gasteiger partial charge in [-0.3, -0.25) is 0 Å². The van der Waals surface area contributed by atoms with Crippen molar-refractivity contribution in [3.8, 4) is 0 Å². The quantitative estimate of drug-likeness (QED) is 0.780. The molecule has 0 aliphatic rings. The second kappa shape index (κ2) is 3.56.